The summed E-state index contributed by atoms with van der Waals surface area (Å²) in [6.07, 6.45) is 6.85. The van der Waals surface area contributed by atoms with E-state index in [0.29, 0.717) is 6.04 Å². The van der Waals surface area contributed by atoms with Crippen LogP contribution in [-0.4, -0.2) is 62.0 Å². The molecule has 4 heteroatoms. The van der Waals surface area contributed by atoms with Crippen LogP contribution in [0.4, 0.5) is 0 Å². The fourth-order valence-corrected chi connectivity index (χ4v) is 5.37. The summed E-state index contributed by atoms with van der Waals surface area (Å²) in [4.78, 5) is 14.2. The molecule has 0 saturated carbocycles. The summed E-state index contributed by atoms with van der Waals surface area (Å²) in [6.45, 7) is 9.37. The Kier molecular flexibility index (Phi) is 8.62. The predicted molar refractivity (Wildman–Crippen MR) is 140 cm³/mol. The number of benzene rings is 2. The lowest BCUT2D eigenvalue weighted by Crippen LogP contribution is -2.48. The minimum absolute atomic E-state index is 0.330. The molecule has 2 aromatic rings. The van der Waals surface area contributed by atoms with Gasteiger partial charge in [0.15, 0.2) is 0 Å². The number of aliphatic imine (C=N–C) groups is 2. The van der Waals surface area contributed by atoms with Crippen molar-refractivity contribution >= 4 is 12.4 Å². The molecular weight excluding hydrogens is 404 g/mol. The fraction of sp³-hybridized carbons (Fsp3) is 0.448. The molecule has 1 fully saturated rings. The summed E-state index contributed by atoms with van der Waals surface area (Å²) < 4.78 is 0. The van der Waals surface area contributed by atoms with Crippen molar-refractivity contribution in [3.63, 3.8) is 0 Å². The molecule has 0 amide bonds. The van der Waals surface area contributed by atoms with Gasteiger partial charge in [0.25, 0.3) is 0 Å². The van der Waals surface area contributed by atoms with Gasteiger partial charge < -0.3 is 4.90 Å². The van der Waals surface area contributed by atoms with Crippen molar-refractivity contribution in [2.45, 2.75) is 44.6 Å². The minimum atomic E-state index is 0.330. The van der Waals surface area contributed by atoms with E-state index in [9.17, 15) is 0 Å². The Morgan fingerprint density at radius 3 is 2.06 bits per heavy atom. The molecule has 0 radical (unpaired) electrons. The first-order chi connectivity index (χ1) is 16.3. The first-order valence-corrected chi connectivity index (χ1v) is 12.5. The fourth-order valence-electron chi connectivity index (χ4n) is 5.37. The van der Waals surface area contributed by atoms with Gasteiger partial charge in [-0.1, -0.05) is 60.7 Å². The monoisotopic (exact) mass is 442 g/mol. The third kappa shape index (κ3) is 6.07. The molecule has 1 aliphatic heterocycles. The van der Waals surface area contributed by atoms with Gasteiger partial charge in [-0.15, -0.1) is 0 Å². The van der Waals surface area contributed by atoms with Gasteiger partial charge in [-0.05, 0) is 68.5 Å². The maximum atomic E-state index is 4.64. The van der Waals surface area contributed by atoms with Crippen LogP contribution in [-0.2, 0) is 0 Å². The highest BCUT2D eigenvalue weighted by Crippen LogP contribution is 2.30. The van der Waals surface area contributed by atoms with Crippen molar-refractivity contribution in [3.8, 4) is 0 Å². The lowest BCUT2D eigenvalue weighted by atomic mass is 9.91. The predicted octanol–water partition coefficient (Wildman–Crippen LogP) is 5.77. The molecule has 1 aliphatic carbocycles. The van der Waals surface area contributed by atoms with Gasteiger partial charge in [0.2, 0.25) is 0 Å². The van der Waals surface area contributed by atoms with E-state index >= 15 is 0 Å². The summed E-state index contributed by atoms with van der Waals surface area (Å²) in [5.74, 6) is 0. The average molecular weight is 443 g/mol. The van der Waals surface area contributed by atoms with Crippen molar-refractivity contribution < 1.29 is 0 Å². The van der Waals surface area contributed by atoms with Crippen LogP contribution in [0.3, 0.4) is 0 Å². The summed E-state index contributed by atoms with van der Waals surface area (Å²) >= 11 is 0. The second-order valence-electron chi connectivity index (χ2n) is 9.17. The largest absolute Gasteiger partial charge is 0.301 e. The molecule has 2 aromatic carbocycles. The molecule has 1 heterocycles. The number of rotatable bonds is 9. The highest BCUT2D eigenvalue weighted by molar-refractivity contribution is 6.00. The van der Waals surface area contributed by atoms with E-state index in [4.69, 9.17) is 0 Å². The van der Waals surface area contributed by atoms with Gasteiger partial charge >= 0.3 is 0 Å². The summed E-state index contributed by atoms with van der Waals surface area (Å²) in [5.41, 5.74) is 6.58. The molecule has 0 N–H and O–H groups in total. The van der Waals surface area contributed by atoms with Gasteiger partial charge in [0, 0.05) is 44.6 Å². The van der Waals surface area contributed by atoms with Gasteiger partial charge in [0.1, 0.15) is 0 Å². The van der Waals surface area contributed by atoms with Crippen LogP contribution in [0.25, 0.3) is 0 Å². The summed E-state index contributed by atoms with van der Waals surface area (Å²) in [5, 5.41) is 0. The molecule has 0 aromatic heterocycles. The smallest absolute Gasteiger partial charge is 0.0602 e. The minimum Gasteiger partial charge on any atom is -0.301 e. The van der Waals surface area contributed by atoms with Gasteiger partial charge in [-0.25, -0.2) is 0 Å². The third-order valence-electron chi connectivity index (χ3n) is 7.14. The average Bonchev–Trinajstić information content (AvgIpc) is 2.89. The van der Waals surface area contributed by atoms with E-state index in [0.717, 1.165) is 58.4 Å². The van der Waals surface area contributed by atoms with Crippen molar-refractivity contribution in [1.29, 1.82) is 0 Å². The van der Waals surface area contributed by atoms with Crippen molar-refractivity contribution in [2.24, 2.45) is 9.98 Å². The lowest BCUT2D eigenvalue weighted by molar-refractivity contribution is 0.109. The molecule has 174 valence electrons. The zero-order valence-corrected chi connectivity index (χ0v) is 20.1. The van der Waals surface area contributed by atoms with Crippen LogP contribution >= 0.6 is 0 Å². The maximum Gasteiger partial charge on any atom is 0.0602 e. The first-order valence-electron chi connectivity index (χ1n) is 12.5. The van der Waals surface area contributed by atoms with Gasteiger partial charge in [-0.3, -0.25) is 14.9 Å². The Hall–Kier alpha value is -2.56. The summed E-state index contributed by atoms with van der Waals surface area (Å²) in [6, 6.07) is 22.2. The molecule has 0 atom stereocenters. The van der Waals surface area contributed by atoms with Gasteiger partial charge in [0.05, 0.1) is 6.04 Å². The summed E-state index contributed by atoms with van der Waals surface area (Å²) in [7, 11) is 1.93. The molecule has 0 spiro atoms. The molecule has 1 saturated heterocycles. The first kappa shape index (κ1) is 23.6. The van der Waals surface area contributed by atoms with Crippen molar-refractivity contribution in [2.75, 3.05) is 39.8 Å². The third-order valence-corrected chi connectivity index (χ3v) is 7.14. The van der Waals surface area contributed by atoms with E-state index < -0.39 is 0 Å². The Morgan fingerprint density at radius 1 is 0.879 bits per heavy atom. The number of hydrogen-bond donors (Lipinski definition) is 0. The molecule has 0 unspecified atom stereocenters. The van der Waals surface area contributed by atoms with E-state index in [2.05, 4.69) is 87.2 Å². The molecule has 4 nitrogen and oxygen atoms in total. The quantitative estimate of drug-likeness (QED) is 0.461. The lowest BCUT2D eigenvalue weighted by Gasteiger charge is -2.40. The van der Waals surface area contributed by atoms with Crippen LogP contribution in [0, 0.1) is 0 Å². The highest BCUT2D eigenvalue weighted by Gasteiger charge is 2.26. The van der Waals surface area contributed by atoms with E-state index in [1.165, 1.54) is 41.0 Å². The van der Waals surface area contributed by atoms with E-state index in [1.807, 2.05) is 7.05 Å². The standard InChI is InChI=1S/C29H38N4/c1-30-27-17-10-9-16-26(27)28(31-2)18-11-19-32-20-22-33(23-21-32)29(24-12-5-3-6-13-24)25-14-7-4-8-15-25/h3-8,12-15,29H,1,9-11,16-23H2,2H3. The van der Waals surface area contributed by atoms with Crippen molar-refractivity contribution in [3.05, 3.63) is 83.1 Å². The Labute approximate surface area is 199 Å². The van der Waals surface area contributed by atoms with Crippen LogP contribution in [0.5, 0.6) is 0 Å². The normalized spacial score (nSPS) is 18.7. The van der Waals surface area contributed by atoms with Crippen LogP contribution in [0.15, 0.2) is 81.9 Å². The molecule has 0 bridgehead atoms. The zero-order valence-electron chi connectivity index (χ0n) is 20.1. The zero-order chi connectivity index (χ0) is 22.9. The number of hydrogen-bond acceptors (Lipinski definition) is 4. The highest BCUT2D eigenvalue weighted by atomic mass is 15.3. The van der Waals surface area contributed by atoms with E-state index in [1.54, 1.807) is 0 Å². The SMILES string of the molecule is C=NC1=C(C(CCCN2CCN(C(c3ccccc3)c3ccccc3)CC2)=NC)CCCC1. The van der Waals surface area contributed by atoms with Crippen LogP contribution in [0.2, 0.25) is 0 Å². The number of piperazine rings is 1. The van der Waals surface area contributed by atoms with Gasteiger partial charge in [-0.2, -0.15) is 0 Å². The Balaban J connectivity index is 1.33. The number of nitrogens with zero attached hydrogens (tertiary/aromatic N) is 4. The van der Waals surface area contributed by atoms with Crippen LogP contribution < -0.4 is 0 Å². The van der Waals surface area contributed by atoms with Crippen molar-refractivity contribution in [1.82, 2.24) is 9.80 Å². The molecule has 2 aliphatic rings. The Bertz CT molecular complexity index is 901. The molecular formula is C29H38N4. The van der Waals surface area contributed by atoms with Crippen LogP contribution in [0.1, 0.15) is 55.7 Å². The topological polar surface area (TPSA) is 31.2 Å². The Morgan fingerprint density at radius 2 is 1.48 bits per heavy atom. The molecule has 4 rings (SSSR count). The number of allylic oxidation sites excluding steroid dienone is 2. The second-order valence-corrected chi connectivity index (χ2v) is 9.17. The maximum absolute atomic E-state index is 4.64. The second kappa shape index (κ2) is 12.1. The molecule has 33 heavy (non-hydrogen) atoms. The van der Waals surface area contributed by atoms with E-state index in [-0.39, 0.29) is 0 Å².